The van der Waals surface area contributed by atoms with Crippen LogP contribution in [0.3, 0.4) is 0 Å². The van der Waals surface area contributed by atoms with Gasteiger partial charge in [-0.3, -0.25) is 4.79 Å². The summed E-state index contributed by atoms with van der Waals surface area (Å²) in [6.45, 7) is 3.56. The van der Waals surface area contributed by atoms with Crippen molar-refractivity contribution in [1.29, 1.82) is 0 Å². The van der Waals surface area contributed by atoms with Crippen LogP contribution in [0.1, 0.15) is 55.5 Å². The van der Waals surface area contributed by atoms with Gasteiger partial charge in [-0.15, -0.1) is 0 Å². The lowest BCUT2D eigenvalue weighted by Crippen LogP contribution is -2.29. The molecular weight excluding hydrogens is 212 g/mol. The second-order valence-corrected chi connectivity index (χ2v) is 4.89. The van der Waals surface area contributed by atoms with E-state index < -0.39 is 0 Å². The Hall–Kier alpha value is -1.35. The van der Waals surface area contributed by atoms with E-state index in [4.69, 9.17) is 5.73 Å². The zero-order chi connectivity index (χ0) is 12.4. The minimum absolute atomic E-state index is 0.0362. The van der Waals surface area contributed by atoms with E-state index in [0.717, 1.165) is 24.8 Å². The highest BCUT2D eigenvalue weighted by Gasteiger charge is 2.21. The van der Waals surface area contributed by atoms with Gasteiger partial charge in [0.1, 0.15) is 0 Å². The van der Waals surface area contributed by atoms with Gasteiger partial charge in [0.05, 0.1) is 6.04 Å². The van der Waals surface area contributed by atoms with Crippen LogP contribution >= 0.6 is 0 Å². The van der Waals surface area contributed by atoms with Crippen LogP contribution < -0.4 is 11.1 Å². The lowest BCUT2D eigenvalue weighted by Gasteiger charge is -2.27. The quantitative estimate of drug-likeness (QED) is 0.821. The number of carbonyl (C=O) groups excluding carboxylic acids is 1. The second kappa shape index (κ2) is 4.88. The Morgan fingerprint density at radius 1 is 1.53 bits per heavy atom. The number of benzene rings is 1. The highest BCUT2D eigenvalue weighted by atomic mass is 16.1. The molecule has 0 bridgehead atoms. The van der Waals surface area contributed by atoms with Gasteiger partial charge in [-0.25, -0.2) is 0 Å². The standard InChI is InChI=1S/C14H20N2O/c1-9(15)12-7-6-11-4-3-5-14(13(11)8-12)16-10(2)17/h6-9,14H,3-5,15H2,1-2H3,(H,16,17). The second-order valence-electron chi connectivity index (χ2n) is 4.89. The Morgan fingerprint density at radius 2 is 2.29 bits per heavy atom. The van der Waals surface area contributed by atoms with Crippen molar-refractivity contribution >= 4 is 5.91 Å². The van der Waals surface area contributed by atoms with Gasteiger partial charge in [0.25, 0.3) is 0 Å². The summed E-state index contributed by atoms with van der Waals surface area (Å²) in [5, 5.41) is 3.02. The fourth-order valence-electron chi connectivity index (χ4n) is 2.50. The molecule has 1 aromatic carbocycles. The molecule has 3 heteroatoms. The normalized spacial score (nSPS) is 20.5. The maximum atomic E-state index is 11.2. The third-order valence-electron chi connectivity index (χ3n) is 3.39. The monoisotopic (exact) mass is 232 g/mol. The van der Waals surface area contributed by atoms with E-state index in [0.29, 0.717) is 0 Å². The first-order valence-corrected chi connectivity index (χ1v) is 6.23. The molecular formula is C14H20N2O. The summed E-state index contributed by atoms with van der Waals surface area (Å²) < 4.78 is 0. The van der Waals surface area contributed by atoms with Gasteiger partial charge >= 0.3 is 0 Å². The Kier molecular flexibility index (Phi) is 3.48. The first-order valence-electron chi connectivity index (χ1n) is 6.23. The number of fused-ring (bicyclic) bond motifs is 1. The minimum atomic E-state index is 0.0362. The number of hydrogen-bond acceptors (Lipinski definition) is 2. The Balaban J connectivity index is 2.33. The molecule has 2 atom stereocenters. The summed E-state index contributed by atoms with van der Waals surface area (Å²) >= 11 is 0. The lowest BCUT2D eigenvalue weighted by molar-refractivity contribution is -0.119. The maximum absolute atomic E-state index is 11.2. The molecule has 2 rings (SSSR count). The van der Waals surface area contributed by atoms with E-state index in [1.165, 1.54) is 11.1 Å². The molecule has 2 unspecified atom stereocenters. The smallest absolute Gasteiger partial charge is 0.217 e. The van der Waals surface area contributed by atoms with E-state index in [1.54, 1.807) is 6.92 Å². The van der Waals surface area contributed by atoms with Crippen LogP contribution in [0.25, 0.3) is 0 Å². The number of nitrogens with one attached hydrogen (secondary N) is 1. The molecule has 1 amide bonds. The van der Waals surface area contributed by atoms with Gasteiger partial charge in [0, 0.05) is 13.0 Å². The van der Waals surface area contributed by atoms with Crippen LogP contribution in [0.4, 0.5) is 0 Å². The number of carbonyl (C=O) groups is 1. The van der Waals surface area contributed by atoms with Gasteiger partial charge in [-0.1, -0.05) is 18.2 Å². The molecule has 3 N–H and O–H groups in total. The fourth-order valence-corrected chi connectivity index (χ4v) is 2.50. The third-order valence-corrected chi connectivity index (χ3v) is 3.39. The molecule has 1 aromatic rings. The van der Waals surface area contributed by atoms with E-state index in [-0.39, 0.29) is 18.0 Å². The van der Waals surface area contributed by atoms with Gasteiger partial charge in [-0.2, -0.15) is 0 Å². The molecule has 0 aliphatic heterocycles. The number of amides is 1. The highest BCUT2D eigenvalue weighted by molar-refractivity contribution is 5.73. The molecule has 0 fully saturated rings. The van der Waals surface area contributed by atoms with E-state index >= 15 is 0 Å². The van der Waals surface area contributed by atoms with Crippen LogP contribution in [-0.2, 0) is 11.2 Å². The number of nitrogens with two attached hydrogens (primary N) is 1. The first-order chi connectivity index (χ1) is 8.08. The molecule has 0 aromatic heterocycles. The average Bonchev–Trinajstić information content (AvgIpc) is 2.28. The molecule has 0 saturated carbocycles. The predicted molar refractivity (Wildman–Crippen MR) is 68.5 cm³/mol. The summed E-state index contributed by atoms with van der Waals surface area (Å²) in [5.41, 5.74) is 9.64. The van der Waals surface area contributed by atoms with Gasteiger partial charge < -0.3 is 11.1 Å². The van der Waals surface area contributed by atoms with Crippen molar-refractivity contribution in [2.24, 2.45) is 5.73 Å². The summed E-state index contributed by atoms with van der Waals surface area (Å²) in [7, 11) is 0. The summed E-state index contributed by atoms with van der Waals surface area (Å²) in [6.07, 6.45) is 3.26. The molecule has 0 radical (unpaired) electrons. The van der Waals surface area contributed by atoms with Crippen molar-refractivity contribution in [1.82, 2.24) is 5.32 Å². The highest BCUT2D eigenvalue weighted by Crippen LogP contribution is 2.31. The van der Waals surface area contributed by atoms with Crippen molar-refractivity contribution in [2.75, 3.05) is 0 Å². The van der Waals surface area contributed by atoms with Crippen molar-refractivity contribution in [3.8, 4) is 0 Å². The van der Waals surface area contributed by atoms with E-state index in [1.807, 2.05) is 6.92 Å². The Bertz CT molecular complexity index is 426. The molecule has 1 aliphatic rings. The lowest BCUT2D eigenvalue weighted by atomic mass is 9.86. The fraction of sp³-hybridized carbons (Fsp3) is 0.500. The van der Waals surface area contributed by atoms with E-state index in [2.05, 4.69) is 23.5 Å². The number of hydrogen-bond donors (Lipinski definition) is 2. The topological polar surface area (TPSA) is 55.1 Å². The van der Waals surface area contributed by atoms with Crippen LogP contribution in [0.5, 0.6) is 0 Å². The maximum Gasteiger partial charge on any atom is 0.217 e. The molecule has 3 nitrogen and oxygen atoms in total. The van der Waals surface area contributed by atoms with Gasteiger partial charge in [-0.05, 0) is 42.9 Å². The van der Waals surface area contributed by atoms with Crippen LogP contribution in [-0.4, -0.2) is 5.91 Å². The molecule has 0 heterocycles. The van der Waals surface area contributed by atoms with Crippen molar-refractivity contribution < 1.29 is 4.79 Å². The van der Waals surface area contributed by atoms with Gasteiger partial charge in [0.2, 0.25) is 5.91 Å². The molecule has 0 saturated heterocycles. The zero-order valence-corrected chi connectivity index (χ0v) is 10.5. The molecule has 1 aliphatic carbocycles. The summed E-state index contributed by atoms with van der Waals surface area (Å²) in [6, 6.07) is 6.61. The third kappa shape index (κ3) is 2.67. The largest absolute Gasteiger partial charge is 0.350 e. The minimum Gasteiger partial charge on any atom is -0.350 e. The van der Waals surface area contributed by atoms with Crippen LogP contribution in [0, 0.1) is 0 Å². The SMILES string of the molecule is CC(=O)NC1CCCc2ccc(C(C)N)cc21. The summed E-state index contributed by atoms with van der Waals surface area (Å²) in [5.74, 6) is 0.0362. The van der Waals surface area contributed by atoms with Crippen molar-refractivity contribution in [3.05, 3.63) is 34.9 Å². The predicted octanol–water partition coefficient (Wildman–Crippen LogP) is 2.22. The number of rotatable bonds is 2. The molecule has 92 valence electrons. The van der Waals surface area contributed by atoms with Gasteiger partial charge in [0.15, 0.2) is 0 Å². The summed E-state index contributed by atoms with van der Waals surface area (Å²) in [4.78, 5) is 11.2. The van der Waals surface area contributed by atoms with Crippen molar-refractivity contribution in [2.45, 2.75) is 45.2 Å². The van der Waals surface area contributed by atoms with Crippen LogP contribution in [0.15, 0.2) is 18.2 Å². The average molecular weight is 232 g/mol. The Morgan fingerprint density at radius 3 is 2.94 bits per heavy atom. The van der Waals surface area contributed by atoms with Crippen LogP contribution in [0.2, 0.25) is 0 Å². The van der Waals surface area contributed by atoms with Crippen molar-refractivity contribution in [3.63, 3.8) is 0 Å². The first kappa shape index (κ1) is 12.1. The van der Waals surface area contributed by atoms with E-state index in [9.17, 15) is 4.79 Å². The molecule has 0 spiro atoms. The number of aryl methyl sites for hydroxylation is 1. The Labute approximate surface area is 102 Å². The molecule has 17 heavy (non-hydrogen) atoms. The zero-order valence-electron chi connectivity index (χ0n) is 10.5.